The van der Waals surface area contributed by atoms with Crippen molar-refractivity contribution in [3.8, 4) is 16.2 Å². The number of halogens is 4. The van der Waals surface area contributed by atoms with Gasteiger partial charge in [0.05, 0.1) is 4.88 Å². The van der Waals surface area contributed by atoms with Gasteiger partial charge in [-0.15, -0.1) is 36.9 Å². The second-order valence-corrected chi connectivity index (χ2v) is 6.07. The molecule has 4 nitrogen and oxygen atoms in total. The van der Waals surface area contributed by atoms with Crippen molar-refractivity contribution >= 4 is 29.7 Å². The lowest BCUT2D eigenvalue weighted by molar-refractivity contribution is -0.274. The minimum atomic E-state index is -4.71. The lowest BCUT2D eigenvalue weighted by Gasteiger charge is -2.08. The minimum absolute atomic E-state index is 0. The molecule has 25 heavy (non-hydrogen) atoms. The van der Waals surface area contributed by atoms with E-state index in [0.29, 0.717) is 18.0 Å². The van der Waals surface area contributed by atoms with E-state index in [2.05, 4.69) is 10.1 Å². The predicted molar refractivity (Wildman–Crippen MR) is 94.3 cm³/mol. The monoisotopic (exact) mass is 394 g/mol. The Labute approximate surface area is 153 Å². The number of hydrogen-bond donors (Lipinski definition) is 2. The third-order valence-electron chi connectivity index (χ3n) is 3.12. The summed E-state index contributed by atoms with van der Waals surface area (Å²) in [5.74, 6) is -0.444. The SMILES string of the molecule is Cl.NCCCCNC(=O)c1ccc(-c2ccc(OC(F)(F)F)cc2)s1. The Kier molecular flexibility index (Phi) is 8.21. The van der Waals surface area contributed by atoms with Crippen molar-refractivity contribution in [1.82, 2.24) is 5.32 Å². The number of ether oxygens (including phenoxy) is 1. The van der Waals surface area contributed by atoms with Crippen LogP contribution >= 0.6 is 23.7 Å². The average Bonchev–Trinajstić information content (AvgIpc) is 3.00. The summed E-state index contributed by atoms with van der Waals surface area (Å²) in [5, 5.41) is 2.80. The van der Waals surface area contributed by atoms with Crippen molar-refractivity contribution in [2.24, 2.45) is 5.73 Å². The average molecular weight is 395 g/mol. The Morgan fingerprint density at radius 1 is 1.12 bits per heavy atom. The number of unbranched alkanes of at least 4 members (excludes halogenated alkanes) is 1. The minimum Gasteiger partial charge on any atom is -0.406 e. The number of rotatable bonds is 7. The van der Waals surface area contributed by atoms with Crippen LogP contribution in [-0.4, -0.2) is 25.4 Å². The zero-order chi connectivity index (χ0) is 17.6. The number of alkyl halides is 3. The van der Waals surface area contributed by atoms with Crippen LogP contribution in [0.1, 0.15) is 22.5 Å². The van der Waals surface area contributed by atoms with E-state index in [9.17, 15) is 18.0 Å². The van der Waals surface area contributed by atoms with Gasteiger partial charge in [-0.25, -0.2) is 0 Å². The molecule has 1 amide bonds. The van der Waals surface area contributed by atoms with E-state index in [1.165, 1.54) is 35.6 Å². The Morgan fingerprint density at radius 2 is 1.80 bits per heavy atom. The van der Waals surface area contributed by atoms with Gasteiger partial charge in [0.25, 0.3) is 5.91 Å². The van der Waals surface area contributed by atoms with Gasteiger partial charge < -0.3 is 15.8 Å². The lowest BCUT2D eigenvalue weighted by atomic mass is 10.2. The van der Waals surface area contributed by atoms with E-state index in [1.54, 1.807) is 12.1 Å². The zero-order valence-electron chi connectivity index (χ0n) is 13.1. The molecule has 0 fully saturated rings. The van der Waals surface area contributed by atoms with Crippen LogP contribution in [0.15, 0.2) is 36.4 Å². The maximum absolute atomic E-state index is 12.1. The zero-order valence-corrected chi connectivity index (χ0v) is 14.8. The first-order valence-electron chi connectivity index (χ1n) is 7.33. The molecule has 0 saturated carbocycles. The summed E-state index contributed by atoms with van der Waals surface area (Å²) in [6.45, 7) is 1.15. The van der Waals surface area contributed by atoms with Crippen LogP contribution in [0, 0.1) is 0 Å². The number of nitrogens with one attached hydrogen (secondary N) is 1. The summed E-state index contributed by atoms with van der Waals surface area (Å²) in [6, 6.07) is 8.99. The maximum atomic E-state index is 12.1. The van der Waals surface area contributed by atoms with Gasteiger partial charge >= 0.3 is 6.36 Å². The standard InChI is InChI=1S/C16H17F3N2O2S.ClH/c17-16(18,19)23-12-5-3-11(4-6-12)13-7-8-14(24-13)15(22)21-10-2-1-9-20;/h3-8H,1-2,9-10,20H2,(H,21,22);1H. The van der Waals surface area contributed by atoms with E-state index >= 15 is 0 Å². The summed E-state index contributed by atoms with van der Waals surface area (Å²) < 4.78 is 40.2. The highest BCUT2D eigenvalue weighted by molar-refractivity contribution is 7.17. The van der Waals surface area contributed by atoms with E-state index < -0.39 is 6.36 Å². The largest absolute Gasteiger partial charge is 0.573 e. The maximum Gasteiger partial charge on any atom is 0.573 e. The first-order valence-corrected chi connectivity index (χ1v) is 8.15. The van der Waals surface area contributed by atoms with Gasteiger partial charge in [0.1, 0.15) is 5.75 Å². The van der Waals surface area contributed by atoms with Gasteiger partial charge in [-0.2, -0.15) is 0 Å². The predicted octanol–water partition coefficient (Wildman–Crippen LogP) is 4.20. The van der Waals surface area contributed by atoms with Crippen molar-refractivity contribution in [3.05, 3.63) is 41.3 Å². The summed E-state index contributed by atoms with van der Waals surface area (Å²) >= 11 is 1.28. The molecule has 0 aliphatic carbocycles. The molecule has 1 aromatic carbocycles. The van der Waals surface area contributed by atoms with Gasteiger partial charge in [-0.3, -0.25) is 4.79 Å². The van der Waals surface area contributed by atoms with Gasteiger partial charge in [-0.1, -0.05) is 0 Å². The Morgan fingerprint density at radius 3 is 2.40 bits per heavy atom. The fourth-order valence-corrected chi connectivity index (χ4v) is 2.92. The van der Waals surface area contributed by atoms with Crippen LogP contribution < -0.4 is 15.8 Å². The highest BCUT2D eigenvalue weighted by Gasteiger charge is 2.30. The number of benzene rings is 1. The first kappa shape index (κ1) is 21.3. The molecular formula is C16H18ClF3N2O2S. The molecule has 0 atom stereocenters. The van der Waals surface area contributed by atoms with Crippen LogP contribution in [0.3, 0.4) is 0 Å². The topological polar surface area (TPSA) is 64.3 Å². The second kappa shape index (κ2) is 9.65. The molecule has 138 valence electrons. The summed E-state index contributed by atoms with van der Waals surface area (Å²) in [4.78, 5) is 13.3. The number of amides is 1. The normalized spacial score (nSPS) is 10.9. The molecule has 0 spiro atoms. The van der Waals surface area contributed by atoms with Crippen molar-refractivity contribution in [1.29, 1.82) is 0 Å². The summed E-state index contributed by atoms with van der Waals surface area (Å²) in [5.41, 5.74) is 6.11. The second-order valence-electron chi connectivity index (χ2n) is 4.99. The molecule has 0 aliphatic rings. The number of hydrogen-bond acceptors (Lipinski definition) is 4. The van der Waals surface area contributed by atoms with Crippen LogP contribution in [-0.2, 0) is 0 Å². The van der Waals surface area contributed by atoms with E-state index in [0.717, 1.165) is 23.3 Å². The van der Waals surface area contributed by atoms with Crippen LogP contribution in [0.4, 0.5) is 13.2 Å². The highest BCUT2D eigenvalue weighted by atomic mass is 35.5. The fraction of sp³-hybridized carbons (Fsp3) is 0.312. The van der Waals surface area contributed by atoms with E-state index in [4.69, 9.17) is 5.73 Å². The van der Waals surface area contributed by atoms with Crippen LogP contribution in [0.5, 0.6) is 5.75 Å². The Bertz CT molecular complexity index is 675. The summed E-state index contributed by atoms with van der Waals surface area (Å²) in [7, 11) is 0. The molecule has 0 unspecified atom stereocenters. The third kappa shape index (κ3) is 6.93. The summed E-state index contributed by atoms with van der Waals surface area (Å²) in [6.07, 6.45) is -3.04. The number of carbonyl (C=O) groups is 1. The van der Waals surface area contributed by atoms with Gasteiger partial charge in [0, 0.05) is 11.4 Å². The molecule has 3 N–H and O–H groups in total. The smallest absolute Gasteiger partial charge is 0.406 e. The van der Waals surface area contributed by atoms with Crippen molar-refractivity contribution in [2.45, 2.75) is 19.2 Å². The Hall–Kier alpha value is -1.77. The number of thiophene rings is 1. The molecule has 0 radical (unpaired) electrons. The van der Waals surface area contributed by atoms with Crippen LogP contribution in [0.25, 0.3) is 10.4 Å². The highest BCUT2D eigenvalue weighted by Crippen LogP contribution is 2.30. The molecule has 9 heteroatoms. The van der Waals surface area contributed by atoms with Gasteiger partial charge in [-0.05, 0) is 61.3 Å². The van der Waals surface area contributed by atoms with Crippen molar-refractivity contribution < 1.29 is 22.7 Å². The van der Waals surface area contributed by atoms with E-state index in [-0.39, 0.29) is 24.1 Å². The van der Waals surface area contributed by atoms with Crippen molar-refractivity contribution in [3.63, 3.8) is 0 Å². The van der Waals surface area contributed by atoms with Gasteiger partial charge in [0.2, 0.25) is 0 Å². The van der Waals surface area contributed by atoms with E-state index in [1.807, 2.05) is 0 Å². The molecular weight excluding hydrogens is 377 g/mol. The number of nitrogens with two attached hydrogens (primary N) is 1. The number of carbonyl (C=O) groups excluding carboxylic acids is 1. The molecule has 0 saturated heterocycles. The molecule has 2 aromatic rings. The molecule has 0 bridgehead atoms. The molecule has 1 heterocycles. The quantitative estimate of drug-likeness (QED) is 0.691. The fourth-order valence-electron chi connectivity index (χ4n) is 1.99. The lowest BCUT2D eigenvalue weighted by Crippen LogP contribution is -2.23. The van der Waals surface area contributed by atoms with Crippen LogP contribution in [0.2, 0.25) is 0 Å². The molecule has 0 aliphatic heterocycles. The molecule has 2 rings (SSSR count). The Balaban J connectivity index is 0.00000312. The van der Waals surface area contributed by atoms with Crippen molar-refractivity contribution in [2.75, 3.05) is 13.1 Å². The van der Waals surface area contributed by atoms with Gasteiger partial charge in [0.15, 0.2) is 0 Å². The first-order chi connectivity index (χ1) is 11.4. The third-order valence-corrected chi connectivity index (χ3v) is 4.25. The molecule has 1 aromatic heterocycles.